The molecule has 0 aromatic heterocycles. The fourth-order valence-corrected chi connectivity index (χ4v) is 0.758. The van der Waals surface area contributed by atoms with Crippen LogP contribution in [0.4, 0.5) is 13.2 Å². The van der Waals surface area contributed by atoms with E-state index in [1.165, 1.54) is 0 Å². The smallest absolute Gasteiger partial charge is 0.379 e. The molecule has 1 N–H and O–H groups in total. The number of ether oxygens (including phenoxy) is 3. The molecule has 0 amide bonds. The summed E-state index contributed by atoms with van der Waals surface area (Å²) in [5.74, 6) is 0. The predicted molar refractivity (Wildman–Crippen MR) is 49.6 cm³/mol. The Kier molecular flexibility index (Phi) is 6.58. The van der Waals surface area contributed by atoms with Crippen LogP contribution in [0.1, 0.15) is 6.92 Å². The Balaban J connectivity index is 4.25. The highest BCUT2D eigenvalue weighted by Gasteiger charge is 2.57. The van der Waals surface area contributed by atoms with Crippen molar-refractivity contribution in [3.8, 4) is 0 Å². The van der Waals surface area contributed by atoms with Gasteiger partial charge in [-0.1, -0.05) is 6.08 Å². The van der Waals surface area contributed by atoms with Crippen molar-refractivity contribution in [1.29, 1.82) is 0 Å². The van der Waals surface area contributed by atoms with Gasteiger partial charge in [0.15, 0.2) is 0 Å². The van der Waals surface area contributed by atoms with Gasteiger partial charge in [0.2, 0.25) is 0 Å². The molecule has 0 heterocycles. The third-order valence-corrected chi connectivity index (χ3v) is 1.47. The van der Waals surface area contributed by atoms with E-state index in [9.17, 15) is 13.2 Å². The summed E-state index contributed by atoms with van der Waals surface area (Å²) in [4.78, 5) is 0. The molecule has 0 saturated carbocycles. The van der Waals surface area contributed by atoms with E-state index < -0.39 is 25.4 Å². The molecule has 0 radical (unpaired) electrons. The van der Waals surface area contributed by atoms with Crippen molar-refractivity contribution in [3.05, 3.63) is 12.7 Å². The molecule has 0 aliphatic rings. The summed E-state index contributed by atoms with van der Waals surface area (Å²) in [7, 11) is 0. The van der Waals surface area contributed by atoms with Gasteiger partial charge in [-0.15, -0.1) is 6.58 Å². The molecule has 7 heteroatoms. The maximum absolute atomic E-state index is 13.4. The van der Waals surface area contributed by atoms with E-state index in [4.69, 9.17) is 9.84 Å². The van der Waals surface area contributed by atoms with E-state index in [2.05, 4.69) is 16.1 Å². The summed E-state index contributed by atoms with van der Waals surface area (Å²) < 4.78 is 51.2. The Morgan fingerprint density at radius 3 is 2.31 bits per heavy atom. The fourth-order valence-electron chi connectivity index (χ4n) is 0.758. The molecule has 0 aromatic carbocycles. The molecule has 96 valence electrons. The third kappa shape index (κ3) is 4.93. The normalized spacial score (nSPS) is 15.8. The van der Waals surface area contributed by atoms with Crippen LogP contribution in [-0.2, 0) is 14.2 Å². The van der Waals surface area contributed by atoms with Crippen LogP contribution in [0.3, 0.4) is 0 Å². The van der Waals surface area contributed by atoms with Gasteiger partial charge in [-0.05, 0) is 6.92 Å². The zero-order valence-electron chi connectivity index (χ0n) is 8.92. The summed E-state index contributed by atoms with van der Waals surface area (Å²) in [5.41, 5.74) is 0. The molecule has 1 atom stereocenters. The van der Waals surface area contributed by atoms with Crippen LogP contribution in [-0.4, -0.2) is 43.7 Å². The van der Waals surface area contributed by atoms with Crippen LogP contribution in [0.15, 0.2) is 12.7 Å². The van der Waals surface area contributed by atoms with E-state index in [0.29, 0.717) is 6.61 Å². The molecule has 0 bridgehead atoms. The highest BCUT2D eigenvalue weighted by atomic mass is 19.3. The van der Waals surface area contributed by atoms with Crippen molar-refractivity contribution in [2.75, 3.05) is 26.4 Å². The summed E-state index contributed by atoms with van der Waals surface area (Å²) in [6.45, 7) is 4.09. The number of alkyl halides is 3. The summed E-state index contributed by atoms with van der Waals surface area (Å²) >= 11 is 0. The Hall–Kier alpha value is -0.630. The van der Waals surface area contributed by atoms with Gasteiger partial charge in [0, 0.05) is 6.61 Å². The second-order valence-corrected chi connectivity index (χ2v) is 2.72. The predicted octanol–water partition coefficient (Wildman–Crippen LogP) is 1.45. The minimum absolute atomic E-state index is 0.0876. The first kappa shape index (κ1) is 15.4. The Morgan fingerprint density at radius 2 is 1.88 bits per heavy atom. The zero-order valence-corrected chi connectivity index (χ0v) is 8.92. The first-order valence-corrected chi connectivity index (χ1v) is 4.63. The fraction of sp³-hybridized carbons (Fsp3) is 0.778. The van der Waals surface area contributed by atoms with Gasteiger partial charge in [0.25, 0.3) is 0 Å². The molecule has 0 aromatic rings. The van der Waals surface area contributed by atoms with Crippen molar-refractivity contribution < 1.29 is 32.5 Å². The van der Waals surface area contributed by atoms with E-state index in [-0.39, 0.29) is 6.61 Å². The largest absolute Gasteiger partial charge is 0.440 e. The van der Waals surface area contributed by atoms with Crippen LogP contribution < -0.4 is 0 Å². The van der Waals surface area contributed by atoms with Crippen LogP contribution >= 0.6 is 0 Å². The van der Waals surface area contributed by atoms with Gasteiger partial charge < -0.3 is 19.3 Å². The number of halogens is 3. The number of hydrogen-bond acceptors (Lipinski definition) is 4. The standard InChI is InChI=1S/C9H15F3O4/c1-3-5-15-9(12,8(10,11)13)16-7-6-14-4-2/h3,13H,1,4-7H2,2H3. The molecule has 0 saturated heterocycles. The average Bonchev–Trinajstić information content (AvgIpc) is 2.20. The van der Waals surface area contributed by atoms with Gasteiger partial charge in [0.05, 0.1) is 19.8 Å². The molecular weight excluding hydrogens is 229 g/mol. The highest BCUT2D eigenvalue weighted by molar-refractivity contribution is 4.71. The summed E-state index contributed by atoms with van der Waals surface area (Å²) in [6.07, 6.45) is -3.71. The average molecular weight is 244 g/mol. The van der Waals surface area contributed by atoms with E-state index in [0.717, 1.165) is 6.08 Å². The Morgan fingerprint density at radius 1 is 1.25 bits per heavy atom. The molecule has 16 heavy (non-hydrogen) atoms. The topological polar surface area (TPSA) is 47.9 Å². The third-order valence-electron chi connectivity index (χ3n) is 1.47. The van der Waals surface area contributed by atoms with Crippen molar-refractivity contribution in [2.45, 2.75) is 19.1 Å². The molecule has 0 spiro atoms. The van der Waals surface area contributed by atoms with Crippen LogP contribution in [0.5, 0.6) is 0 Å². The molecule has 1 unspecified atom stereocenters. The molecular formula is C9H15F3O4. The second kappa shape index (κ2) is 6.85. The van der Waals surface area contributed by atoms with Crippen LogP contribution in [0, 0.1) is 0 Å². The molecule has 0 rings (SSSR count). The quantitative estimate of drug-likeness (QED) is 0.379. The maximum Gasteiger partial charge on any atom is 0.440 e. The SMILES string of the molecule is C=CCOC(F)(OCCOCC)C(O)(F)F. The highest BCUT2D eigenvalue weighted by Crippen LogP contribution is 2.32. The minimum Gasteiger partial charge on any atom is -0.379 e. The second-order valence-electron chi connectivity index (χ2n) is 2.72. The molecule has 0 aliphatic carbocycles. The van der Waals surface area contributed by atoms with Crippen molar-refractivity contribution in [3.63, 3.8) is 0 Å². The minimum atomic E-state index is -4.76. The zero-order chi connectivity index (χ0) is 12.7. The molecule has 0 aliphatic heterocycles. The lowest BCUT2D eigenvalue weighted by atomic mass is 10.5. The first-order chi connectivity index (χ1) is 7.37. The van der Waals surface area contributed by atoms with Crippen molar-refractivity contribution >= 4 is 0 Å². The van der Waals surface area contributed by atoms with Gasteiger partial charge in [0.1, 0.15) is 0 Å². The van der Waals surface area contributed by atoms with Gasteiger partial charge >= 0.3 is 12.1 Å². The number of rotatable bonds is 9. The summed E-state index contributed by atoms with van der Waals surface area (Å²) in [6, 6.07) is -3.89. The molecule has 0 fully saturated rings. The van der Waals surface area contributed by atoms with E-state index in [1.54, 1.807) is 6.92 Å². The lowest BCUT2D eigenvalue weighted by molar-refractivity contribution is -0.458. The van der Waals surface area contributed by atoms with Crippen LogP contribution in [0.25, 0.3) is 0 Å². The number of aliphatic hydroxyl groups is 1. The van der Waals surface area contributed by atoms with Gasteiger partial charge in [-0.3, -0.25) is 0 Å². The molecule has 4 nitrogen and oxygen atoms in total. The first-order valence-electron chi connectivity index (χ1n) is 4.63. The van der Waals surface area contributed by atoms with Gasteiger partial charge in [-0.2, -0.15) is 13.2 Å². The number of hydrogen-bond donors (Lipinski definition) is 1. The van der Waals surface area contributed by atoms with Gasteiger partial charge in [-0.25, -0.2) is 0 Å². The van der Waals surface area contributed by atoms with Crippen molar-refractivity contribution in [1.82, 2.24) is 0 Å². The maximum atomic E-state index is 13.4. The van der Waals surface area contributed by atoms with E-state index >= 15 is 0 Å². The van der Waals surface area contributed by atoms with Crippen molar-refractivity contribution in [2.24, 2.45) is 0 Å². The lowest BCUT2D eigenvalue weighted by Crippen LogP contribution is -2.49. The van der Waals surface area contributed by atoms with E-state index in [1.807, 2.05) is 0 Å². The van der Waals surface area contributed by atoms with Crippen LogP contribution in [0.2, 0.25) is 0 Å². The monoisotopic (exact) mass is 244 g/mol. The summed E-state index contributed by atoms with van der Waals surface area (Å²) in [5, 5.41) is 8.29. The Labute approximate surface area is 91.6 Å². The Bertz CT molecular complexity index is 207. The lowest BCUT2D eigenvalue weighted by Gasteiger charge is -2.28.